The molecule has 1 aliphatic carbocycles. The number of hydrogen-bond donors (Lipinski definition) is 1. The van der Waals surface area contributed by atoms with Crippen molar-refractivity contribution >= 4 is 23.2 Å². The molecule has 1 amide bonds. The van der Waals surface area contributed by atoms with Crippen molar-refractivity contribution in [3.05, 3.63) is 46.7 Å². The molecule has 3 atom stereocenters. The summed E-state index contributed by atoms with van der Waals surface area (Å²) in [7, 11) is 1.69. The third-order valence-electron chi connectivity index (χ3n) is 5.36. The van der Waals surface area contributed by atoms with Gasteiger partial charge in [-0.25, -0.2) is 4.99 Å². The number of nitrogens with two attached hydrogens (primary N) is 1. The maximum absolute atomic E-state index is 12.2. The van der Waals surface area contributed by atoms with Gasteiger partial charge in [-0.3, -0.25) is 9.69 Å². The molecule has 0 radical (unpaired) electrons. The van der Waals surface area contributed by atoms with Gasteiger partial charge in [-0.2, -0.15) is 11.3 Å². The van der Waals surface area contributed by atoms with E-state index in [2.05, 4.69) is 53.0 Å². The highest BCUT2D eigenvalue weighted by Gasteiger charge is 2.53. The maximum atomic E-state index is 12.2. The van der Waals surface area contributed by atoms with Gasteiger partial charge in [-0.1, -0.05) is 24.3 Å². The topological polar surface area (TPSA) is 58.7 Å². The van der Waals surface area contributed by atoms with Gasteiger partial charge >= 0.3 is 0 Å². The molecule has 0 spiro atoms. The fourth-order valence-electron chi connectivity index (χ4n) is 3.77. The Balaban J connectivity index is 1.59. The summed E-state index contributed by atoms with van der Waals surface area (Å²) in [6.07, 6.45) is 1.51. The number of benzene rings is 1. The van der Waals surface area contributed by atoms with Gasteiger partial charge in [-0.15, -0.1) is 0 Å². The van der Waals surface area contributed by atoms with Crippen LogP contribution in [-0.2, 0) is 4.79 Å². The zero-order valence-electron chi connectivity index (χ0n) is 13.9. The molecule has 2 aliphatic rings. The summed E-state index contributed by atoms with van der Waals surface area (Å²) in [6.45, 7) is 2.07. The van der Waals surface area contributed by atoms with Crippen LogP contribution >= 0.6 is 11.3 Å². The molecule has 0 bridgehead atoms. The Kier molecular flexibility index (Phi) is 3.49. The van der Waals surface area contributed by atoms with Gasteiger partial charge in [0.05, 0.1) is 12.0 Å². The first-order chi connectivity index (χ1) is 11.5. The summed E-state index contributed by atoms with van der Waals surface area (Å²) in [6, 6.07) is 10.9. The van der Waals surface area contributed by atoms with Gasteiger partial charge < -0.3 is 5.73 Å². The van der Waals surface area contributed by atoms with Gasteiger partial charge in [-0.05, 0) is 58.7 Å². The zero-order chi connectivity index (χ0) is 16.9. The van der Waals surface area contributed by atoms with Crippen molar-refractivity contribution in [1.29, 1.82) is 0 Å². The van der Waals surface area contributed by atoms with Crippen molar-refractivity contribution in [3.63, 3.8) is 0 Å². The van der Waals surface area contributed by atoms with E-state index >= 15 is 0 Å². The minimum absolute atomic E-state index is 0.0580. The number of thiophene rings is 1. The monoisotopic (exact) mass is 339 g/mol. The van der Waals surface area contributed by atoms with Crippen LogP contribution < -0.4 is 5.73 Å². The lowest BCUT2D eigenvalue weighted by atomic mass is 9.88. The number of nitrogens with zero attached hydrogens (tertiary/aromatic N) is 2. The van der Waals surface area contributed by atoms with Crippen LogP contribution in [0.15, 0.2) is 46.1 Å². The van der Waals surface area contributed by atoms with Crippen LogP contribution in [0.5, 0.6) is 0 Å². The summed E-state index contributed by atoms with van der Waals surface area (Å²) in [4.78, 5) is 18.3. The highest BCUT2D eigenvalue weighted by Crippen LogP contribution is 2.56. The van der Waals surface area contributed by atoms with Crippen molar-refractivity contribution in [2.75, 3.05) is 7.05 Å². The number of aliphatic imine (C=N–C) groups is 1. The first kappa shape index (κ1) is 15.4. The Hall–Kier alpha value is -2.14. The summed E-state index contributed by atoms with van der Waals surface area (Å²) in [5, 5.41) is 4.27. The van der Waals surface area contributed by atoms with E-state index in [1.54, 1.807) is 18.4 Å². The number of amides is 1. The molecule has 2 aromatic rings. The molecule has 1 aromatic carbocycles. The molecular formula is C19H21N3OS. The maximum Gasteiger partial charge on any atom is 0.231 e. The number of carbonyl (C=O) groups is 1. The number of rotatable bonds is 3. The standard InChI is InChI=1S/C19H21N3OS/c1-19(10-17(23)22(2)18(20)21-19)16-9-15(16)13-5-3-4-12(8-13)14-6-7-24-11-14/h3-8,11,15-16H,9-10H2,1-2H3,(H2,20,21)/t15-,16+,19-/m0/s1. The lowest BCUT2D eigenvalue weighted by Gasteiger charge is -2.33. The van der Waals surface area contributed by atoms with Crippen molar-refractivity contribution in [2.45, 2.75) is 31.2 Å². The van der Waals surface area contributed by atoms with Gasteiger partial charge in [0.15, 0.2) is 5.96 Å². The Morgan fingerprint density at radius 2 is 2.17 bits per heavy atom. The van der Waals surface area contributed by atoms with Gasteiger partial charge in [0, 0.05) is 7.05 Å². The SMILES string of the molecule is CN1C(=O)C[C@@](C)([C@@H]2C[C@H]2c2cccc(-c3ccsc3)c2)N=C1N. The van der Waals surface area contributed by atoms with Gasteiger partial charge in [0.25, 0.3) is 0 Å². The molecule has 2 N–H and O–H groups in total. The van der Waals surface area contributed by atoms with E-state index in [-0.39, 0.29) is 11.4 Å². The highest BCUT2D eigenvalue weighted by atomic mass is 32.1. The minimum Gasteiger partial charge on any atom is -0.369 e. The quantitative estimate of drug-likeness (QED) is 0.931. The van der Waals surface area contributed by atoms with Crippen molar-refractivity contribution in [3.8, 4) is 11.1 Å². The number of hydrogen-bond acceptors (Lipinski definition) is 4. The van der Waals surface area contributed by atoms with Crippen molar-refractivity contribution in [1.82, 2.24) is 4.90 Å². The first-order valence-corrected chi connectivity index (χ1v) is 9.16. The van der Waals surface area contributed by atoms with E-state index in [0.717, 1.165) is 6.42 Å². The smallest absolute Gasteiger partial charge is 0.231 e. The van der Waals surface area contributed by atoms with Crippen LogP contribution in [-0.4, -0.2) is 29.4 Å². The van der Waals surface area contributed by atoms with Crippen LogP contribution in [0.25, 0.3) is 11.1 Å². The van der Waals surface area contributed by atoms with Crippen LogP contribution in [0, 0.1) is 5.92 Å². The third kappa shape index (κ3) is 2.53. The van der Waals surface area contributed by atoms with Gasteiger partial charge in [0.2, 0.25) is 5.91 Å². The number of carbonyl (C=O) groups excluding carboxylic acids is 1. The van der Waals surface area contributed by atoms with E-state index < -0.39 is 0 Å². The largest absolute Gasteiger partial charge is 0.369 e. The fourth-order valence-corrected chi connectivity index (χ4v) is 4.44. The molecule has 24 heavy (non-hydrogen) atoms. The van der Waals surface area contributed by atoms with Crippen LogP contribution in [0.4, 0.5) is 0 Å². The Morgan fingerprint density at radius 3 is 2.88 bits per heavy atom. The predicted octanol–water partition coefficient (Wildman–Crippen LogP) is 3.45. The third-order valence-corrected chi connectivity index (χ3v) is 6.04. The molecule has 1 aliphatic heterocycles. The van der Waals surface area contributed by atoms with E-state index in [1.807, 2.05) is 0 Å². The van der Waals surface area contributed by atoms with Gasteiger partial charge in [0.1, 0.15) is 0 Å². The molecule has 1 fully saturated rings. The van der Waals surface area contributed by atoms with Crippen molar-refractivity contribution in [2.24, 2.45) is 16.6 Å². The molecule has 5 heteroatoms. The molecular weight excluding hydrogens is 318 g/mol. The number of guanidine groups is 1. The minimum atomic E-state index is -0.378. The second-order valence-electron chi connectivity index (χ2n) is 7.04. The Labute approximate surface area is 146 Å². The van der Waals surface area contributed by atoms with E-state index in [0.29, 0.717) is 24.2 Å². The molecule has 1 saturated carbocycles. The first-order valence-electron chi connectivity index (χ1n) is 8.22. The lowest BCUT2D eigenvalue weighted by molar-refractivity contribution is -0.128. The molecule has 1 aromatic heterocycles. The average molecular weight is 339 g/mol. The summed E-state index contributed by atoms with van der Waals surface area (Å²) in [5.74, 6) is 1.24. The zero-order valence-corrected chi connectivity index (χ0v) is 14.7. The van der Waals surface area contributed by atoms with Crippen molar-refractivity contribution < 1.29 is 4.79 Å². The molecule has 0 saturated heterocycles. The van der Waals surface area contributed by atoms with Crippen LogP contribution in [0.2, 0.25) is 0 Å². The normalized spacial score (nSPS) is 29.5. The van der Waals surface area contributed by atoms with E-state index in [1.165, 1.54) is 21.6 Å². The summed E-state index contributed by atoms with van der Waals surface area (Å²) in [5.41, 5.74) is 9.42. The summed E-state index contributed by atoms with van der Waals surface area (Å²) < 4.78 is 0. The van der Waals surface area contributed by atoms with E-state index in [4.69, 9.17) is 5.73 Å². The molecule has 4 rings (SSSR count). The molecule has 4 nitrogen and oxygen atoms in total. The highest BCUT2D eigenvalue weighted by molar-refractivity contribution is 7.08. The molecule has 0 unspecified atom stereocenters. The predicted molar refractivity (Wildman–Crippen MR) is 98.0 cm³/mol. The summed E-state index contributed by atoms with van der Waals surface area (Å²) >= 11 is 1.71. The fraction of sp³-hybridized carbons (Fsp3) is 0.368. The second kappa shape index (κ2) is 5.45. The van der Waals surface area contributed by atoms with Crippen LogP contribution in [0.3, 0.4) is 0 Å². The molecule has 124 valence electrons. The van der Waals surface area contributed by atoms with Crippen LogP contribution in [0.1, 0.15) is 31.2 Å². The Morgan fingerprint density at radius 1 is 1.33 bits per heavy atom. The van der Waals surface area contributed by atoms with E-state index in [9.17, 15) is 4.79 Å². The molecule has 2 heterocycles. The Bertz CT molecular complexity index is 814. The second-order valence-corrected chi connectivity index (χ2v) is 7.82. The average Bonchev–Trinajstić information content (AvgIpc) is 3.20. The lowest BCUT2D eigenvalue weighted by Crippen LogP contribution is -2.49.